The van der Waals surface area contributed by atoms with Crippen LogP contribution in [0.4, 0.5) is 10.1 Å². The average Bonchev–Trinajstić information content (AvgIpc) is 2.28. The molecule has 0 saturated carbocycles. The topological polar surface area (TPSA) is 72.2 Å². The Hall–Kier alpha value is -2.42. The molecule has 6 heteroatoms. The number of nitro benzene ring substituents is 1. The van der Waals surface area contributed by atoms with Crippen molar-refractivity contribution >= 4 is 11.6 Å². The average molecular weight is 236 g/mol. The van der Waals surface area contributed by atoms with Gasteiger partial charge in [-0.3, -0.25) is 14.9 Å². The number of nitro groups is 1. The lowest BCUT2D eigenvalue weighted by Gasteiger charge is -2.08. The minimum atomic E-state index is -0.836. The van der Waals surface area contributed by atoms with Crippen molar-refractivity contribution < 1.29 is 14.1 Å². The van der Waals surface area contributed by atoms with Crippen LogP contribution in [0.3, 0.4) is 0 Å². The molecule has 0 spiro atoms. The van der Waals surface area contributed by atoms with Gasteiger partial charge >= 0.3 is 0 Å². The normalized spacial score (nSPS) is 11.4. The van der Waals surface area contributed by atoms with Crippen LogP contribution >= 0.6 is 0 Å². The van der Waals surface area contributed by atoms with Crippen molar-refractivity contribution in [3.63, 3.8) is 0 Å². The SMILES string of the molecule is C#CC(C)NC(=O)c1cc([N+](=O)[O-])ccc1F. The maximum atomic E-state index is 13.3. The third-order valence-corrected chi connectivity index (χ3v) is 2.00. The van der Waals surface area contributed by atoms with Crippen LogP contribution in [0.5, 0.6) is 0 Å². The van der Waals surface area contributed by atoms with E-state index in [4.69, 9.17) is 6.42 Å². The number of hydrogen-bond acceptors (Lipinski definition) is 3. The van der Waals surface area contributed by atoms with E-state index in [0.29, 0.717) is 0 Å². The summed E-state index contributed by atoms with van der Waals surface area (Å²) in [5, 5.41) is 12.8. The molecule has 0 saturated heterocycles. The fourth-order valence-electron chi connectivity index (χ4n) is 1.12. The molecule has 0 radical (unpaired) electrons. The first-order chi connectivity index (χ1) is 7.95. The van der Waals surface area contributed by atoms with Crippen molar-refractivity contribution in [2.75, 3.05) is 0 Å². The molecular weight excluding hydrogens is 227 g/mol. The highest BCUT2D eigenvalue weighted by Crippen LogP contribution is 2.16. The molecule has 5 nitrogen and oxygen atoms in total. The highest BCUT2D eigenvalue weighted by Gasteiger charge is 2.17. The lowest BCUT2D eigenvalue weighted by Crippen LogP contribution is -2.31. The monoisotopic (exact) mass is 236 g/mol. The van der Waals surface area contributed by atoms with Gasteiger partial charge in [-0.2, -0.15) is 0 Å². The summed E-state index contributed by atoms with van der Waals surface area (Å²) < 4.78 is 13.3. The van der Waals surface area contributed by atoms with Gasteiger partial charge in [-0.05, 0) is 13.0 Å². The molecule has 1 aromatic carbocycles. The van der Waals surface area contributed by atoms with E-state index >= 15 is 0 Å². The predicted octanol–water partition coefficient (Wildman–Crippen LogP) is 1.49. The van der Waals surface area contributed by atoms with Crippen molar-refractivity contribution in [2.24, 2.45) is 0 Å². The molecule has 0 bridgehead atoms. The van der Waals surface area contributed by atoms with Crippen molar-refractivity contribution in [1.82, 2.24) is 5.32 Å². The number of nitrogens with zero attached hydrogens (tertiary/aromatic N) is 1. The van der Waals surface area contributed by atoms with Crippen LogP contribution < -0.4 is 5.32 Å². The molecule has 0 aliphatic heterocycles. The molecule has 17 heavy (non-hydrogen) atoms. The Labute approximate surface area is 96.8 Å². The Morgan fingerprint density at radius 2 is 2.29 bits per heavy atom. The molecule has 1 atom stereocenters. The van der Waals surface area contributed by atoms with E-state index in [1.807, 2.05) is 0 Å². The van der Waals surface area contributed by atoms with E-state index in [0.717, 1.165) is 18.2 Å². The standard InChI is InChI=1S/C11H9FN2O3/c1-3-7(2)13-11(15)9-6-8(14(16)17)4-5-10(9)12/h1,4-7H,2H3,(H,13,15). The zero-order valence-electron chi connectivity index (χ0n) is 8.94. The second-order valence-corrected chi connectivity index (χ2v) is 3.28. The second kappa shape index (κ2) is 5.07. The van der Waals surface area contributed by atoms with Crippen molar-refractivity contribution in [3.05, 3.63) is 39.7 Å². The summed E-state index contributed by atoms with van der Waals surface area (Å²) in [5.74, 6) is 0.617. The Balaban J connectivity index is 3.05. The van der Waals surface area contributed by atoms with Crippen LogP contribution in [0.1, 0.15) is 17.3 Å². The molecule has 1 N–H and O–H groups in total. The second-order valence-electron chi connectivity index (χ2n) is 3.28. The van der Waals surface area contributed by atoms with Gasteiger partial charge in [0.1, 0.15) is 5.82 Å². The number of carbonyl (C=O) groups is 1. The fourth-order valence-corrected chi connectivity index (χ4v) is 1.12. The summed E-state index contributed by atoms with van der Waals surface area (Å²) in [6, 6.07) is 2.14. The van der Waals surface area contributed by atoms with Gasteiger partial charge in [0.05, 0.1) is 16.5 Å². The van der Waals surface area contributed by atoms with Crippen molar-refractivity contribution in [3.8, 4) is 12.3 Å². The van der Waals surface area contributed by atoms with Crippen molar-refractivity contribution in [2.45, 2.75) is 13.0 Å². The highest BCUT2D eigenvalue weighted by molar-refractivity contribution is 5.95. The lowest BCUT2D eigenvalue weighted by molar-refractivity contribution is -0.384. The van der Waals surface area contributed by atoms with Crippen LogP contribution in [0.15, 0.2) is 18.2 Å². The van der Waals surface area contributed by atoms with Crippen LogP contribution in [0, 0.1) is 28.3 Å². The number of halogens is 1. The number of non-ortho nitro benzene ring substituents is 1. The summed E-state index contributed by atoms with van der Waals surface area (Å²) in [5.41, 5.74) is -0.758. The molecule has 0 aromatic heterocycles. The Morgan fingerprint density at radius 3 is 2.82 bits per heavy atom. The Morgan fingerprint density at radius 1 is 1.65 bits per heavy atom. The zero-order valence-corrected chi connectivity index (χ0v) is 8.94. The van der Waals surface area contributed by atoms with E-state index in [1.54, 1.807) is 0 Å². The number of carbonyl (C=O) groups excluding carboxylic acids is 1. The molecule has 88 valence electrons. The number of terminal acetylenes is 1. The molecule has 0 fully saturated rings. The zero-order chi connectivity index (χ0) is 13.0. The molecule has 1 aromatic rings. The molecule has 0 aliphatic carbocycles. The minimum absolute atomic E-state index is 0.357. The highest BCUT2D eigenvalue weighted by atomic mass is 19.1. The first-order valence-electron chi connectivity index (χ1n) is 4.66. The van der Waals surface area contributed by atoms with Gasteiger partial charge in [-0.1, -0.05) is 5.92 Å². The van der Waals surface area contributed by atoms with E-state index in [2.05, 4.69) is 11.2 Å². The summed E-state index contributed by atoms with van der Waals surface area (Å²) in [6.07, 6.45) is 5.05. The maximum absolute atomic E-state index is 13.3. The molecule has 1 amide bonds. The first-order valence-corrected chi connectivity index (χ1v) is 4.66. The van der Waals surface area contributed by atoms with Crippen LogP contribution in [0.25, 0.3) is 0 Å². The summed E-state index contributed by atoms with van der Waals surface area (Å²) in [7, 11) is 0. The minimum Gasteiger partial charge on any atom is -0.339 e. The van der Waals surface area contributed by atoms with Gasteiger partial charge in [0.2, 0.25) is 0 Å². The molecule has 1 rings (SSSR count). The quantitative estimate of drug-likeness (QED) is 0.491. The summed E-state index contributed by atoms with van der Waals surface area (Å²) in [6.45, 7) is 1.53. The fraction of sp³-hybridized carbons (Fsp3) is 0.182. The maximum Gasteiger partial charge on any atom is 0.270 e. The molecule has 0 heterocycles. The summed E-state index contributed by atoms with van der Waals surface area (Å²) >= 11 is 0. The van der Waals surface area contributed by atoms with Gasteiger partial charge in [-0.15, -0.1) is 6.42 Å². The predicted molar refractivity (Wildman–Crippen MR) is 58.8 cm³/mol. The van der Waals surface area contributed by atoms with Gasteiger partial charge < -0.3 is 5.32 Å². The van der Waals surface area contributed by atoms with E-state index in [1.165, 1.54) is 6.92 Å². The largest absolute Gasteiger partial charge is 0.339 e. The number of nitrogens with one attached hydrogen (secondary N) is 1. The third kappa shape index (κ3) is 3.01. The van der Waals surface area contributed by atoms with Crippen LogP contribution in [-0.2, 0) is 0 Å². The first kappa shape index (κ1) is 12.6. The van der Waals surface area contributed by atoms with Crippen LogP contribution in [-0.4, -0.2) is 16.9 Å². The van der Waals surface area contributed by atoms with Gasteiger partial charge in [-0.25, -0.2) is 4.39 Å². The number of benzene rings is 1. The number of hydrogen-bond donors (Lipinski definition) is 1. The van der Waals surface area contributed by atoms with E-state index < -0.39 is 28.3 Å². The van der Waals surface area contributed by atoms with E-state index in [9.17, 15) is 19.3 Å². The lowest BCUT2D eigenvalue weighted by atomic mass is 10.1. The third-order valence-electron chi connectivity index (χ3n) is 2.00. The Kier molecular flexibility index (Phi) is 3.78. The molecular formula is C11H9FN2O3. The van der Waals surface area contributed by atoms with E-state index in [-0.39, 0.29) is 5.69 Å². The molecule has 1 unspecified atom stereocenters. The Bertz CT molecular complexity index is 508. The number of amides is 1. The summed E-state index contributed by atoms with van der Waals surface area (Å²) in [4.78, 5) is 21.3. The molecule has 0 aliphatic rings. The van der Waals surface area contributed by atoms with Gasteiger partial charge in [0.25, 0.3) is 11.6 Å². The van der Waals surface area contributed by atoms with Crippen molar-refractivity contribution in [1.29, 1.82) is 0 Å². The smallest absolute Gasteiger partial charge is 0.270 e. The van der Waals surface area contributed by atoms with Gasteiger partial charge in [0.15, 0.2) is 0 Å². The number of rotatable bonds is 3. The van der Waals surface area contributed by atoms with Gasteiger partial charge in [0, 0.05) is 12.1 Å². The van der Waals surface area contributed by atoms with Crippen LogP contribution in [0.2, 0.25) is 0 Å².